The third kappa shape index (κ3) is 3.51. The molecular weight excluding hydrogens is 316 g/mol. The molecule has 1 aromatic heterocycles. The van der Waals surface area contributed by atoms with Crippen LogP contribution in [-0.4, -0.2) is 21.2 Å². The molecule has 3 rings (SSSR count). The first kappa shape index (κ1) is 15.9. The fourth-order valence-corrected chi connectivity index (χ4v) is 2.54. The van der Waals surface area contributed by atoms with Crippen molar-refractivity contribution in [3.05, 3.63) is 65.5 Å². The molecule has 0 aliphatic carbocycles. The van der Waals surface area contributed by atoms with Gasteiger partial charge in [0.1, 0.15) is 5.82 Å². The minimum atomic E-state index is -2.53. The lowest BCUT2D eigenvalue weighted by molar-refractivity contribution is 0.151. The molecule has 3 aromatic rings. The number of aromatic nitrogens is 2. The van der Waals surface area contributed by atoms with Crippen LogP contribution in [0.4, 0.5) is 13.6 Å². The molecule has 0 fully saturated rings. The summed E-state index contributed by atoms with van der Waals surface area (Å²) in [7, 11) is 0. The summed E-state index contributed by atoms with van der Waals surface area (Å²) >= 11 is 0. The number of amides is 1. The van der Waals surface area contributed by atoms with Crippen molar-refractivity contribution >= 4 is 17.1 Å². The van der Waals surface area contributed by atoms with E-state index in [0.717, 1.165) is 16.6 Å². The summed E-state index contributed by atoms with van der Waals surface area (Å²) < 4.78 is 25.2. The van der Waals surface area contributed by atoms with Gasteiger partial charge in [-0.3, -0.25) is 0 Å². The van der Waals surface area contributed by atoms with Gasteiger partial charge in [0.15, 0.2) is 0 Å². The van der Waals surface area contributed by atoms with E-state index in [4.69, 9.17) is 5.11 Å². The Bertz CT molecular complexity index is 813. The third-order valence-electron chi connectivity index (χ3n) is 3.71. The number of benzene rings is 2. The quantitative estimate of drug-likeness (QED) is 0.660. The lowest BCUT2D eigenvalue weighted by atomic mass is 10.0. The van der Waals surface area contributed by atoms with Crippen molar-refractivity contribution in [1.82, 2.24) is 15.3 Å². The summed E-state index contributed by atoms with van der Waals surface area (Å²) in [6, 6.07) is 12.6. The Morgan fingerprint density at radius 3 is 2.50 bits per heavy atom. The normalized spacial score (nSPS) is 12.5. The second-order valence-corrected chi connectivity index (χ2v) is 5.39. The van der Waals surface area contributed by atoms with E-state index in [0.29, 0.717) is 12.2 Å². The van der Waals surface area contributed by atoms with Gasteiger partial charge in [-0.1, -0.05) is 36.4 Å². The molecule has 1 heterocycles. The average molecular weight is 331 g/mol. The molecule has 0 spiro atoms. The molecule has 7 heteroatoms. The van der Waals surface area contributed by atoms with Crippen molar-refractivity contribution in [2.75, 3.05) is 0 Å². The van der Waals surface area contributed by atoms with Crippen molar-refractivity contribution in [3.63, 3.8) is 0 Å². The topological polar surface area (TPSA) is 78.0 Å². The molecule has 0 aliphatic heterocycles. The van der Waals surface area contributed by atoms with E-state index >= 15 is 0 Å². The zero-order valence-electron chi connectivity index (χ0n) is 12.5. The first-order chi connectivity index (χ1) is 11.5. The van der Waals surface area contributed by atoms with Crippen LogP contribution in [0.5, 0.6) is 0 Å². The number of rotatable bonds is 5. The maximum absolute atomic E-state index is 12.6. The summed E-state index contributed by atoms with van der Waals surface area (Å²) in [6.45, 7) is 0. The highest BCUT2D eigenvalue weighted by atomic mass is 19.3. The number of H-pyrrole nitrogens is 1. The Kier molecular flexibility index (Phi) is 4.41. The van der Waals surface area contributed by atoms with Gasteiger partial charge in [-0.05, 0) is 17.7 Å². The zero-order valence-corrected chi connectivity index (χ0v) is 12.5. The molecule has 0 bridgehead atoms. The maximum Gasteiger partial charge on any atom is 0.405 e. The average Bonchev–Trinajstić information content (AvgIpc) is 2.98. The molecule has 0 saturated heterocycles. The first-order valence-corrected chi connectivity index (χ1v) is 7.34. The van der Waals surface area contributed by atoms with Gasteiger partial charge in [-0.25, -0.2) is 18.6 Å². The lowest BCUT2D eigenvalue weighted by Crippen LogP contribution is -2.29. The molecule has 3 N–H and O–H groups in total. The Balaban J connectivity index is 1.87. The van der Waals surface area contributed by atoms with Gasteiger partial charge in [0, 0.05) is 12.0 Å². The van der Waals surface area contributed by atoms with Gasteiger partial charge in [0.05, 0.1) is 17.1 Å². The van der Waals surface area contributed by atoms with Crippen LogP contribution in [0.3, 0.4) is 0 Å². The Labute approximate surface area is 136 Å². The fraction of sp³-hybridized carbons (Fsp3) is 0.176. The molecule has 1 amide bonds. The van der Waals surface area contributed by atoms with Crippen molar-refractivity contribution < 1.29 is 18.7 Å². The number of halogens is 2. The third-order valence-corrected chi connectivity index (χ3v) is 3.71. The van der Waals surface area contributed by atoms with Crippen molar-refractivity contribution in [2.24, 2.45) is 0 Å². The number of carboxylic acid groups (broad SMARTS) is 1. The summed E-state index contributed by atoms with van der Waals surface area (Å²) in [6.07, 6.45) is -3.40. The number of fused-ring (bicyclic) bond motifs is 1. The van der Waals surface area contributed by atoms with Crippen LogP contribution >= 0.6 is 0 Å². The number of hydrogen-bond donors (Lipinski definition) is 3. The predicted molar refractivity (Wildman–Crippen MR) is 85.1 cm³/mol. The summed E-state index contributed by atoms with van der Waals surface area (Å²) in [5.74, 6) is 0.483. The summed E-state index contributed by atoms with van der Waals surface area (Å²) in [5, 5.41) is 11.5. The Morgan fingerprint density at radius 2 is 1.88 bits per heavy atom. The van der Waals surface area contributed by atoms with Crippen molar-refractivity contribution in [3.8, 4) is 0 Å². The van der Waals surface area contributed by atoms with Crippen LogP contribution in [0.25, 0.3) is 11.0 Å². The highest BCUT2D eigenvalue weighted by Gasteiger charge is 2.19. The van der Waals surface area contributed by atoms with E-state index in [1.807, 2.05) is 24.3 Å². The van der Waals surface area contributed by atoms with Gasteiger partial charge in [0.25, 0.3) is 6.43 Å². The van der Waals surface area contributed by atoms with Crippen molar-refractivity contribution in [2.45, 2.75) is 18.9 Å². The fourth-order valence-electron chi connectivity index (χ4n) is 2.54. The van der Waals surface area contributed by atoms with Gasteiger partial charge in [-0.15, -0.1) is 0 Å². The van der Waals surface area contributed by atoms with Crippen LogP contribution in [-0.2, 0) is 6.42 Å². The minimum Gasteiger partial charge on any atom is -0.465 e. The van der Waals surface area contributed by atoms with E-state index in [1.54, 1.807) is 12.1 Å². The van der Waals surface area contributed by atoms with Gasteiger partial charge in [0.2, 0.25) is 0 Å². The Hall–Kier alpha value is -2.96. The molecule has 2 aromatic carbocycles. The van der Waals surface area contributed by atoms with Gasteiger partial charge < -0.3 is 15.4 Å². The first-order valence-electron chi connectivity index (χ1n) is 7.34. The molecule has 0 aliphatic rings. The summed E-state index contributed by atoms with van der Waals surface area (Å²) in [5.41, 5.74) is 2.21. The standard InChI is InChI=1S/C17H15F2N3O2/c18-15(19)11-7-5-10(6-8-11)9-14(22-17(23)24)16-20-12-3-1-2-4-13(12)21-16/h1-8,14-15,22H,9H2,(H,20,21)(H,23,24). The lowest BCUT2D eigenvalue weighted by Gasteiger charge is -2.15. The van der Waals surface area contributed by atoms with E-state index in [-0.39, 0.29) is 5.56 Å². The molecule has 1 atom stereocenters. The number of nitrogens with zero attached hydrogens (tertiary/aromatic N) is 1. The minimum absolute atomic E-state index is 0.0646. The number of alkyl halides is 2. The molecule has 5 nitrogen and oxygen atoms in total. The molecule has 0 radical (unpaired) electrons. The second-order valence-electron chi connectivity index (χ2n) is 5.39. The van der Waals surface area contributed by atoms with Crippen LogP contribution in [0.15, 0.2) is 48.5 Å². The predicted octanol–water partition coefficient (Wildman–Crippen LogP) is 4.05. The SMILES string of the molecule is O=C(O)NC(Cc1ccc(C(F)F)cc1)c1nc2ccccc2[nH]1. The van der Waals surface area contributed by atoms with Gasteiger partial charge >= 0.3 is 6.09 Å². The molecule has 24 heavy (non-hydrogen) atoms. The monoisotopic (exact) mass is 331 g/mol. The number of hydrogen-bond acceptors (Lipinski definition) is 2. The van der Waals surface area contributed by atoms with E-state index < -0.39 is 18.6 Å². The van der Waals surface area contributed by atoms with E-state index in [1.165, 1.54) is 12.1 Å². The van der Waals surface area contributed by atoms with Crippen LogP contribution < -0.4 is 5.32 Å². The molecule has 0 saturated carbocycles. The Morgan fingerprint density at radius 1 is 1.17 bits per heavy atom. The van der Waals surface area contributed by atoms with Crippen LogP contribution in [0.2, 0.25) is 0 Å². The van der Waals surface area contributed by atoms with E-state index in [2.05, 4.69) is 15.3 Å². The van der Waals surface area contributed by atoms with Crippen molar-refractivity contribution in [1.29, 1.82) is 0 Å². The van der Waals surface area contributed by atoms with Gasteiger partial charge in [-0.2, -0.15) is 0 Å². The van der Waals surface area contributed by atoms with Crippen LogP contribution in [0.1, 0.15) is 29.4 Å². The zero-order chi connectivity index (χ0) is 17.1. The highest BCUT2D eigenvalue weighted by Crippen LogP contribution is 2.22. The number of nitrogens with one attached hydrogen (secondary N) is 2. The number of para-hydroxylation sites is 2. The molecule has 124 valence electrons. The maximum atomic E-state index is 12.6. The number of carbonyl (C=O) groups is 1. The second kappa shape index (κ2) is 6.66. The van der Waals surface area contributed by atoms with Crippen LogP contribution in [0, 0.1) is 0 Å². The number of imidazole rings is 1. The summed E-state index contributed by atoms with van der Waals surface area (Å²) in [4.78, 5) is 18.6. The van der Waals surface area contributed by atoms with E-state index in [9.17, 15) is 13.6 Å². The largest absolute Gasteiger partial charge is 0.465 e. The molecular formula is C17H15F2N3O2. The number of aromatic amines is 1. The highest BCUT2D eigenvalue weighted by molar-refractivity contribution is 5.75. The molecule has 1 unspecified atom stereocenters. The smallest absolute Gasteiger partial charge is 0.405 e.